The topological polar surface area (TPSA) is 296 Å². The number of hydrogen-bond acceptors (Lipinski definition) is 14. The van der Waals surface area contributed by atoms with Crippen LogP contribution < -0.4 is 32.6 Å². The van der Waals surface area contributed by atoms with Gasteiger partial charge in [0.2, 0.25) is 11.9 Å². The van der Waals surface area contributed by atoms with E-state index in [0.717, 1.165) is 6.20 Å². The summed E-state index contributed by atoms with van der Waals surface area (Å²) < 4.78 is 27.8. The molecule has 0 spiro atoms. The highest BCUT2D eigenvalue weighted by atomic mass is 31.2. The van der Waals surface area contributed by atoms with Crippen LogP contribution >= 0.6 is 7.82 Å². The molecule has 0 saturated carbocycles. The minimum Gasteiger partial charge on any atom is -0.480 e. The van der Waals surface area contributed by atoms with Crippen LogP contribution in [0.4, 0.5) is 17.3 Å². The number of fused-ring (bicyclic) bond motifs is 1. The van der Waals surface area contributed by atoms with E-state index in [9.17, 15) is 38.4 Å². The van der Waals surface area contributed by atoms with Crippen LogP contribution in [-0.4, -0.2) is 87.0 Å². The molecule has 8 N–H and O–H groups in total. The zero-order valence-corrected chi connectivity index (χ0v) is 30.7. The van der Waals surface area contributed by atoms with E-state index < -0.39 is 49.0 Å². The quantitative estimate of drug-likeness (QED) is 0.0501. The largest absolute Gasteiger partial charge is 0.480 e. The van der Waals surface area contributed by atoms with Gasteiger partial charge in [-0.05, 0) is 69.5 Å². The maximum Gasteiger partial charge on any atom is 0.474 e. The average Bonchev–Trinajstić information content (AvgIpc) is 3.15. The van der Waals surface area contributed by atoms with Gasteiger partial charge in [-0.1, -0.05) is 12.1 Å². The molecule has 1 atom stereocenters. The normalized spacial score (nSPS) is 11.7. The number of carboxylic acid groups (broad SMARTS) is 1. The molecule has 0 radical (unpaired) electrons. The summed E-state index contributed by atoms with van der Waals surface area (Å²) in [5, 5.41) is 20.0. The van der Waals surface area contributed by atoms with E-state index in [0.29, 0.717) is 12.8 Å². The van der Waals surface area contributed by atoms with Crippen LogP contribution in [-0.2, 0) is 27.7 Å². The van der Waals surface area contributed by atoms with Crippen LogP contribution in [0.2, 0.25) is 0 Å². The first-order valence-electron chi connectivity index (χ1n) is 17.0. The van der Waals surface area contributed by atoms with Gasteiger partial charge in [-0.3, -0.25) is 37.5 Å². The van der Waals surface area contributed by atoms with Gasteiger partial charge in [0.1, 0.15) is 11.7 Å². The van der Waals surface area contributed by atoms with Crippen molar-refractivity contribution in [1.82, 2.24) is 30.6 Å². The number of carbonyl (C=O) groups is 5. The standard InChI is InChI=1S/C34H40N9O11P/c1-3-52-55(51,53-4-2)54-18-8-7-17-36-30(46)22-9-5-6-10-23(22)39-26(44)16-15-24(33(49)50)41-29(45)20-11-13-21(14-12-20)38-31(47)25-19-37-28-27(40-25)32(48)43-34(35)42-28/h5-6,9-14,19,24H,3-4,7-8,15-18H2,1-2H3,(H,36,46)(H,38,47)(H,39,44)(H,41,45)(H,49,50)(H3,35,37,42,43,48)/t24-/m0/s1. The van der Waals surface area contributed by atoms with E-state index in [2.05, 4.69) is 41.2 Å². The molecule has 4 rings (SSSR count). The number of phosphoric acid groups is 1. The Morgan fingerprint density at radius 3 is 2.31 bits per heavy atom. The number of benzene rings is 2. The Morgan fingerprint density at radius 1 is 0.909 bits per heavy atom. The summed E-state index contributed by atoms with van der Waals surface area (Å²) in [6, 6.07) is 10.3. The van der Waals surface area contributed by atoms with Gasteiger partial charge in [0.15, 0.2) is 11.2 Å². The lowest BCUT2D eigenvalue weighted by Gasteiger charge is -2.16. The van der Waals surface area contributed by atoms with Crippen LogP contribution in [0, 0.1) is 0 Å². The van der Waals surface area contributed by atoms with Crippen molar-refractivity contribution in [3.8, 4) is 0 Å². The number of hydrogen-bond donors (Lipinski definition) is 7. The van der Waals surface area contributed by atoms with E-state index in [1.807, 2.05) is 0 Å². The lowest BCUT2D eigenvalue weighted by Crippen LogP contribution is -2.41. The Labute approximate surface area is 313 Å². The fourth-order valence-corrected chi connectivity index (χ4v) is 6.07. The number of unbranched alkanes of at least 4 members (excludes halogenated alkanes) is 1. The SMILES string of the molecule is CCOP(=O)(OCC)OCCCCNC(=O)c1ccccc1NC(=O)CC[C@H](NC(=O)c1ccc(NC(=O)c2cnc3[nH]c(N)nc(=O)c3n2)cc1)C(=O)O. The first kappa shape index (κ1) is 41.7. The molecular formula is C34H40N9O11P. The number of amides is 4. The molecule has 4 aromatic rings. The number of aromatic nitrogens is 4. The highest BCUT2D eigenvalue weighted by Crippen LogP contribution is 2.49. The number of phosphoric ester groups is 1. The van der Waals surface area contributed by atoms with Crippen molar-refractivity contribution in [3.05, 3.63) is 81.9 Å². The Hall–Kier alpha value is -6.08. The Kier molecular flexibility index (Phi) is 15.0. The molecule has 4 amide bonds. The molecule has 55 heavy (non-hydrogen) atoms. The summed E-state index contributed by atoms with van der Waals surface area (Å²) in [6.45, 7) is 4.01. The minimum absolute atomic E-state index is 0.0543. The van der Waals surface area contributed by atoms with Crippen molar-refractivity contribution < 1.29 is 47.2 Å². The van der Waals surface area contributed by atoms with Crippen LogP contribution in [0.3, 0.4) is 0 Å². The molecule has 21 heteroatoms. The van der Waals surface area contributed by atoms with Gasteiger partial charge in [0, 0.05) is 24.2 Å². The van der Waals surface area contributed by atoms with Crippen molar-refractivity contribution >= 4 is 65.9 Å². The summed E-state index contributed by atoms with van der Waals surface area (Å²) in [4.78, 5) is 89.4. The number of nitrogens with two attached hydrogens (primary N) is 1. The van der Waals surface area contributed by atoms with Gasteiger partial charge >= 0.3 is 19.4 Å². The summed E-state index contributed by atoms with van der Waals surface area (Å²) in [5.41, 5.74) is 5.11. The molecule has 0 aliphatic carbocycles. The number of aromatic amines is 1. The first-order chi connectivity index (χ1) is 26.3. The van der Waals surface area contributed by atoms with Gasteiger partial charge in [-0.15, -0.1) is 0 Å². The van der Waals surface area contributed by atoms with Gasteiger partial charge in [-0.2, -0.15) is 4.98 Å². The second-order valence-electron chi connectivity index (χ2n) is 11.5. The van der Waals surface area contributed by atoms with E-state index in [4.69, 9.17) is 19.3 Å². The van der Waals surface area contributed by atoms with Crippen LogP contribution in [0.5, 0.6) is 0 Å². The average molecular weight is 782 g/mol. The number of carbonyl (C=O) groups excluding carboxylic acids is 4. The summed E-state index contributed by atoms with van der Waals surface area (Å²) in [5.74, 6) is -4.03. The van der Waals surface area contributed by atoms with Crippen molar-refractivity contribution in [2.24, 2.45) is 0 Å². The number of H-pyrrole nitrogens is 1. The molecule has 0 unspecified atom stereocenters. The number of rotatable bonds is 20. The monoisotopic (exact) mass is 781 g/mol. The molecular weight excluding hydrogens is 741 g/mol. The van der Waals surface area contributed by atoms with Crippen molar-refractivity contribution in [2.45, 2.75) is 45.6 Å². The second kappa shape index (κ2) is 19.8. The van der Waals surface area contributed by atoms with E-state index in [1.54, 1.807) is 26.0 Å². The molecule has 292 valence electrons. The fourth-order valence-electron chi connectivity index (χ4n) is 4.86. The summed E-state index contributed by atoms with van der Waals surface area (Å²) in [6.07, 6.45) is 1.50. The smallest absolute Gasteiger partial charge is 0.474 e. The number of anilines is 3. The van der Waals surface area contributed by atoms with E-state index in [-0.39, 0.29) is 84.5 Å². The molecule has 2 aromatic heterocycles. The summed E-state index contributed by atoms with van der Waals surface area (Å²) in [7, 11) is -3.62. The molecule has 0 aliphatic rings. The van der Waals surface area contributed by atoms with Crippen LogP contribution in [0.25, 0.3) is 11.2 Å². The molecule has 0 aliphatic heterocycles. The number of nitrogens with one attached hydrogen (secondary N) is 5. The first-order valence-corrected chi connectivity index (χ1v) is 18.5. The number of nitrogens with zero attached hydrogens (tertiary/aromatic N) is 3. The predicted octanol–water partition coefficient (Wildman–Crippen LogP) is 2.86. The number of aliphatic carboxylic acids is 1. The molecule has 0 bridgehead atoms. The molecule has 2 heterocycles. The highest BCUT2D eigenvalue weighted by molar-refractivity contribution is 7.48. The Balaban J connectivity index is 1.25. The molecule has 0 fully saturated rings. The zero-order chi connectivity index (χ0) is 40.0. The minimum atomic E-state index is -3.62. The van der Waals surface area contributed by atoms with Crippen LogP contribution in [0.15, 0.2) is 59.5 Å². The fraction of sp³-hybridized carbons (Fsp3) is 0.324. The Bertz CT molecular complexity index is 2120. The van der Waals surface area contributed by atoms with Gasteiger partial charge < -0.3 is 37.1 Å². The van der Waals surface area contributed by atoms with Gasteiger partial charge in [0.25, 0.3) is 17.7 Å². The lowest BCUT2D eigenvalue weighted by atomic mass is 10.1. The van der Waals surface area contributed by atoms with Crippen molar-refractivity contribution in [3.63, 3.8) is 0 Å². The molecule has 2 aromatic carbocycles. The maximum atomic E-state index is 12.9. The Morgan fingerprint density at radius 2 is 1.62 bits per heavy atom. The predicted molar refractivity (Wildman–Crippen MR) is 198 cm³/mol. The van der Waals surface area contributed by atoms with E-state index in [1.165, 1.54) is 36.4 Å². The third kappa shape index (κ3) is 12.2. The number of para-hydroxylation sites is 1. The van der Waals surface area contributed by atoms with Gasteiger partial charge in [0.05, 0.1) is 37.3 Å². The highest BCUT2D eigenvalue weighted by Gasteiger charge is 2.25. The van der Waals surface area contributed by atoms with E-state index >= 15 is 0 Å². The number of nitrogen functional groups attached to an aromatic ring is 1. The zero-order valence-electron chi connectivity index (χ0n) is 29.8. The number of carboxylic acids is 1. The second-order valence-corrected chi connectivity index (χ2v) is 13.2. The molecule has 0 saturated heterocycles. The van der Waals surface area contributed by atoms with Crippen LogP contribution in [0.1, 0.15) is 70.7 Å². The maximum absolute atomic E-state index is 12.9. The van der Waals surface area contributed by atoms with Gasteiger partial charge in [-0.25, -0.2) is 19.3 Å². The van der Waals surface area contributed by atoms with Crippen molar-refractivity contribution in [2.75, 3.05) is 42.7 Å². The summed E-state index contributed by atoms with van der Waals surface area (Å²) >= 11 is 0. The third-order valence-corrected chi connectivity index (χ3v) is 9.12. The third-order valence-electron chi connectivity index (χ3n) is 7.47. The molecule has 20 nitrogen and oxygen atoms in total. The van der Waals surface area contributed by atoms with Crippen molar-refractivity contribution in [1.29, 1.82) is 0 Å². The lowest BCUT2D eigenvalue weighted by molar-refractivity contribution is -0.139.